The fourth-order valence-corrected chi connectivity index (χ4v) is 2.23. The Kier molecular flexibility index (Phi) is 7.61. The number of methoxy groups -OCH3 is 1. The van der Waals surface area contributed by atoms with Crippen molar-refractivity contribution in [2.75, 3.05) is 32.6 Å². The quantitative estimate of drug-likeness (QED) is 0.745. The average Bonchev–Trinajstić information content (AvgIpc) is 2.55. The summed E-state index contributed by atoms with van der Waals surface area (Å²) in [5, 5.41) is 2.68. The molecule has 1 aromatic rings. The number of carbonyl (C=O) groups is 3. The molecule has 1 amide bonds. The molecule has 144 valence electrons. The molecule has 0 saturated heterocycles. The first kappa shape index (κ1) is 21.5. The lowest BCUT2D eigenvalue weighted by atomic mass is 10.1. The van der Waals surface area contributed by atoms with E-state index in [0.717, 1.165) is 5.69 Å². The minimum Gasteiger partial charge on any atom is -0.469 e. The van der Waals surface area contributed by atoms with Gasteiger partial charge in [-0.05, 0) is 39.0 Å². The lowest BCUT2D eigenvalue weighted by Gasteiger charge is -2.21. The zero-order valence-corrected chi connectivity index (χ0v) is 16.3. The molecule has 0 fully saturated rings. The average molecular weight is 364 g/mol. The van der Waals surface area contributed by atoms with Gasteiger partial charge >= 0.3 is 11.9 Å². The minimum absolute atomic E-state index is 0.0169. The Bertz CT molecular complexity index is 650. The maximum atomic E-state index is 12.4. The molecule has 0 bridgehead atoms. The van der Waals surface area contributed by atoms with E-state index < -0.39 is 23.5 Å². The Balaban J connectivity index is 2.74. The van der Waals surface area contributed by atoms with Crippen molar-refractivity contribution in [2.24, 2.45) is 5.92 Å². The molecule has 26 heavy (non-hydrogen) atoms. The van der Waals surface area contributed by atoms with Crippen molar-refractivity contribution in [1.82, 2.24) is 5.32 Å². The van der Waals surface area contributed by atoms with Crippen molar-refractivity contribution in [3.05, 3.63) is 29.8 Å². The molecule has 1 N–H and O–H groups in total. The van der Waals surface area contributed by atoms with Crippen molar-refractivity contribution < 1.29 is 23.9 Å². The van der Waals surface area contributed by atoms with Crippen molar-refractivity contribution >= 4 is 23.5 Å². The number of ether oxygens (including phenoxy) is 2. The molecule has 0 aromatic heterocycles. The molecule has 7 heteroatoms. The number of anilines is 1. The van der Waals surface area contributed by atoms with Crippen molar-refractivity contribution in [1.29, 1.82) is 0 Å². The molecule has 0 aliphatic rings. The monoisotopic (exact) mass is 364 g/mol. The SMILES string of the molecule is COC(=O)[C@H](CNC(=O)c1cccc(N(C)C)c1)CC(=O)OC(C)(C)C. The van der Waals surface area contributed by atoms with E-state index in [9.17, 15) is 14.4 Å². The zero-order chi connectivity index (χ0) is 19.9. The maximum absolute atomic E-state index is 12.4. The summed E-state index contributed by atoms with van der Waals surface area (Å²) in [5.41, 5.74) is 0.709. The van der Waals surface area contributed by atoms with Gasteiger partial charge in [-0.2, -0.15) is 0 Å². The van der Waals surface area contributed by atoms with E-state index >= 15 is 0 Å². The Morgan fingerprint density at radius 1 is 1.19 bits per heavy atom. The van der Waals surface area contributed by atoms with Crippen LogP contribution >= 0.6 is 0 Å². The highest BCUT2D eigenvalue weighted by Crippen LogP contribution is 2.15. The molecule has 0 aliphatic heterocycles. The van der Waals surface area contributed by atoms with Crippen LogP contribution < -0.4 is 10.2 Å². The summed E-state index contributed by atoms with van der Waals surface area (Å²) in [6, 6.07) is 7.10. The molecule has 7 nitrogen and oxygen atoms in total. The molecule has 1 aromatic carbocycles. The van der Waals surface area contributed by atoms with Gasteiger partial charge in [0, 0.05) is 31.9 Å². The van der Waals surface area contributed by atoms with Crippen LogP contribution in [-0.4, -0.2) is 51.2 Å². The van der Waals surface area contributed by atoms with E-state index in [1.807, 2.05) is 25.1 Å². The van der Waals surface area contributed by atoms with Crippen LogP contribution in [0.3, 0.4) is 0 Å². The topological polar surface area (TPSA) is 84.9 Å². The molecule has 0 radical (unpaired) electrons. The molecule has 1 rings (SSSR count). The number of rotatable bonds is 7. The third-order valence-electron chi connectivity index (χ3n) is 3.50. The molecular formula is C19H28N2O5. The highest BCUT2D eigenvalue weighted by molar-refractivity contribution is 5.95. The van der Waals surface area contributed by atoms with Gasteiger partial charge in [-0.3, -0.25) is 14.4 Å². The first-order valence-electron chi connectivity index (χ1n) is 8.38. The second-order valence-corrected chi connectivity index (χ2v) is 7.17. The summed E-state index contributed by atoms with van der Waals surface area (Å²) in [6.07, 6.45) is -0.165. The van der Waals surface area contributed by atoms with E-state index in [1.54, 1.807) is 39.0 Å². The van der Waals surface area contributed by atoms with Crippen LogP contribution in [0.4, 0.5) is 5.69 Å². The van der Waals surface area contributed by atoms with E-state index in [4.69, 9.17) is 9.47 Å². The van der Waals surface area contributed by atoms with Crippen molar-refractivity contribution in [3.8, 4) is 0 Å². The number of benzene rings is 1. The van der Waals surface area contributed by atoms with Crippen molar-refractivity contribution in [3.63, 3.8) is 0 Å². The summed E-state index contributed by atoms with van der Waals surface area (Å²) >= 11 is 0. The highest BCUT2D eigenvalue weighted by atomic mass is 16.6. The molecule has 1 atom stereocenters. The number of nitrogens with one attached hydrogen (secondary N) is 1. The van der Waals surface area contributed by atoms with Crippen LogP contribution in [-0.2, 0) is 19.1 Å². The minimum atomic E-state index is -0.809. The van der Waals surface area contributed by atoms with Gasteiger partial charge in [0.25, 0.3) is 5.91 Å². The number of hydrogen-bond donors (Lipinski definition) is 1. The first-order valence-corrected chi connectivity index (χ1v) is 8.38. The smallest absolute Gasteiger partial charge is 0.311 e. The maximum Gasteiger partial charge on any atom is 0.311 e. The van der Waals surface area contributed by atoms with Gasteiger partial charge in [-0.25, -0.2) is 0 Å². The predicted octanol–water partition coefficient (Wildman–Crippen LogP) is 2.00. The Hall–Kier alpha value is -2.57. The van der Waals surface area contributed by atoms with Gasteiger partial charge < -0.3 is 19.7 Å². The summed E-state index contributed by atoms with van der Waals surface area (Å²) in [5.74, 6) is -2.22. The lowest BCUT2D eigenvalue weighted by Crippen LogP contribution is -2.36. The van der Waals surface area contributed by atoms with E-state index in [2.05, 4.69) is 5.32 Å². The Labute approximate surface area is 154 Å². The van der Waals surface area contributed by atoms with Gasteiger partial charge in [0.15, 0.2) is 0 Å². The molecule has 0 spiro atoms. The van der Waals surface area contributed by atoms with Gasteiger partial charge in [-0.15, -0.1) is 0 Å². The summed E-state index contributed by atoms with van der Waals surface area (Å²) in [7, 11) is 5.00. The van der Waals surface area contributed by atoms with Crippen LogP contribution in [0, 0.1) is 5.92 Å². The van der Waals surface area contributed by atoms with Crippen LogP contribution in [0.1, 0.15) is 37.6 Å². The number of nitrogens with zero attached hydrogens (tertiary/aromatic N) is 1. The fourth-order valence-electron chi connectivity index (χ4n) is 2.23. The molecular weight excluding hydrogens is 336 g/mol. The Morgan fingerprint density at radius 2 is 1.85 bits per heavy atom. The standard InChI is InChI=1S/C19H28N2O5/c1-19(2,3)26-16(22)11-14(18(24)25-6)12-20-17(23)13-8-7-9-15(10-13)21(4)5/h7-10,14H,11-12H2,1-6H3,(H,20,23)/t14-/m0/s1. The second kappa shape index (κ2) is 9.22. The zero-order valence-electron chi connectivity index (χ0n) is 16.3. The molecule has 0 saturated carbocycles. The molecule has 0 heterocycles. The number of hydrogen-bond acceptors (Lipinski definition) is 6. The van der Waals surface area contributed by atoms with E-state index in [1.165, 1.54) is 7.11 Å². The summed E-state index contributed by atoms with van der Waals surface area (Å²) < 4.78 is 9.96. The third kappa shape index (κ3) is 7.13. The second-order valence-electron chi connectivity index (χ2n) is 7.17. The number of esters is 2. The third-order valence-corrected chi connectivity index (χ3v) is 3.50. The molecule has 0 unspecified atom stereocenters. The van der Waals surface area contributed by atoms with Crippen LogP contribution in [0.5, 0.6) is 0 Å². The Morgan fingerprint density at radius 3 is 2.38 bits per heavy atom. The predicted molar refractivity (Wildman–Crippen MR) is 99.1 cm³/mol. The van der Waals surface area contributed by atoms with Gasteiger partial charge in [0.05, 0.1) is 19.4 Å². The summed E-state index contributed by atoms with van der Waals surface area (Å²) in [6.45, 7) is 5.23. The van der Waals surface area contributed by atoms with Crippen LogP contribution in [0.15, 0.2) is 24.3 Å². The van der Waals surface area contributed by atoms with Gasteiger partial charge in [0.1, 0.15) is 5.60 Å². The first-order chi connectivity index (χ1) is 12.0. The molecule has 0 aliphatic carbocycles. The largest absolute Gasteiger partial charge is 0.469 e. The van der Waals surface area contributed by atoms with Crippen molar-refractivity contribution in [2.45, 2.75) is 32.8 Å². The van der Waals surface area contributed by atoms with E-state index in [-0.39, 0.29) is 18.9 Å². The van der Waals surface area contributed by atoms with Crippen LogP contribution in [0.2, 0.25) is 0 Å². The van der Waals surface area contributed by atoms with E-state index in [0.29, 0.717) is 5.56 Å². The summed E-state index contributed by atoms with van der Waals surface area (Å²) in [4.78, 5) is 38.1. The van der Waals surface area contributed by atoms with Crippen LogP contribution in [0.25, 0.3) is 0 Å². The lowest BCUT2D eigenvalue weighted by molar-refractivity contribution is -0.160. The highest BCUT2D eigenvalue weighted by Gasteiger charge is 2.26. The van der Waals surface area contributed by atoms with Gasteiger partial charge in [0.2, 0.25) is 0 Å². The fraction of sp³-hybridized carbons (Fsp3) is 0.526. The number of carbonyl (C=O) groups excluding carboxylic acids is 3. The van der Waals surface area contributed by atoms with Gasteiger partial charge in [-0.1, -0.05) is 6.07 Å². The number of amides is 1. The normalized spacial score (nSPS) is 12.1.